The van der Waals surface area contributed by atoms with Crippen LogP contribution >= 0.6 is 11.3 Å². The fourth-order valence-corrected chi connectivity index (χ4v) is 2.56. The molecule has 0 unspecified atom stereocenters. The summed E-state index contributed by atoms with van der Waals surface area (Å²) >= 11 is 1.53. The van der Waals surface area contributed by atoms with E-state index in [1.54, 1.807) is 0 Å². The summed E-state index contributed by atoms with van der Waals surface area (Å²) in [4.78, 5) is 16.1. The van der Waals surface area contributed by atoms with Crippen molar-refractivity contribution in [3.8, 4) is 0 Å². The molecule has 84 valence electrons. The fraction of sp³-hybridized carbons (Fsp3) is 0.636. The van der Waals surface area contributed by atoms with Crippen molar-refractivity contribution in [3.63, 3.8) is 0 Å². The molecule has 1 heterocycles. The van der Waals surface area contributed by atoms with Crippen LogP contribution in [0.3, 0.4) is 0 Å². The molecular weight excluding hydrogens is 210 g/mol. The summed E-state index contributed by atoms with van der Waals surface area (Å²) in [6, 6.07) is 0. The van der Waals surface area contributed by atoms with Gasteiger partial charge in [0.15, 0.2) is 0 Å². The van der Waals surface area contributed by atoms with Gasteiger partial charge in [-0.25, -0.2) is 4.98 Å². The Balaban J connectivity index is 3.05. The van der Waals surface area contributed by atoms with Crippen LogP contribution in [0.2, 0.25) is 0 Å². The first-order valence-corrected chi connectivity index (χ1v) is 5.94. The molecule has 0 aliphatic heterocycles. The van der Waals surface area contributed by atoms with E-state index in [0.29, 0.717) is 11.8 Å². The van der Waals surface area contributed by atoms with Gasteiger partial charge in [-0.3, -0.25) is 4.79 Å². The summed E-state index contributed by atoms with van der Waals surface area (Å²) in [5, 5.41) is 9.84. The van der Waals surface area contributed by atoms with Crippen molar-refractivity contribution in [3.05, 3.63) is 15.6 Å². The lowest BCUT2D eigenvalue weighted by Crippen LogP contribution is -2.02. The number of carboxylic acids is 1. The van der Waals surface area contributed by atoms with Gasteiger partial charge in [0, 0.05) is 10.8 Å². The lowest BCUT2D eigenvalue weighted by atomic mass is 10.1. The average Bonchev–Trinajstić information content (AvgIpc) is 2.46. The molecule has 0 fully saturated rings. The van der Waals surface area contributed by atoms with E-state index in [4.69, 9.17) is 5.11 Å². The number of aliphatic carboxylic acids is 1. The van der Waals surface area contributed by atoms with Gasteiger partial charge in [-0.05, 0) is 5.92 Å². The summed E-state index contributed by atoms with van der Waals surface area (Å²) in [6.07, 6.45) is 0.0951. The van der Waals surface area contributed by atoms with Crippen LogP contribution < -0.4 is 0 Å². The lowest BCUT2D eigenvalue weighted by molar-refractivity contribution is -0.136. The SMILES string of the molecule is CC(C)c1nc(C(C)C)c(CC(=O)O)s1. The standard InChI is InChI=1S/C11H17NO2S/c1-6(2)10-8(5-9(13)14)15-11(12-10)7(3)4/h6-7H,5H2,1-4H3,(H,13,14). The molecule has 3 nitrogen and oxygen atoms in total. The molecule has 0 amide bonds. The van der Waals surface area contributed by atoms with Gasteiger partial charge in [0.05, 0.1) is 17.1 Å². The maximum atomic E-state index is 10.7. The minimum atomic E-state index is -0.782. The van der Waals surface area contributed by atoms with Crippen molar-refractivity contribution in [1.82, 2.24) is 4.98 Å². The molecule has 0 saturated carbocycles. The van der Waals surface area contributed by atoms with Crippen molar-refractivity contribution < 1.29 is 9.90 Å². The summed E-state index contributed by atoms with van der Waals surface area (Å²) in [6.45, 7) is 8.25. The van der Waals surface area contributed by atoms with E-state index in [1.165, 1.54) is 11.3 Å². The van der Waals surface area contributed by atoms with Gasteiger partial charge < -0.3 is 5.11 Å². The third kappa shape index (κ3) is 3.02. The fourth-order valence-electron chi connectivity index (χ4n) is 1.34. The van der Waals surface area contributed by atoms with Gasteiger partial charge in [-0.15, -0.1) is 11.3 Å². The van der Waals surface area contributed by atoms with Crippen LogP contribution in [-0.2, 0) is 11.2 Å². The van der Waals surface area contributed by atoms with Crippen molar-refractivity contribution >= 4 is 17.3 Å². The number of carboxylic acid groups (broad SMARTS) is 1. The minimum absolute atomic E-state index is 0.0951. The molecule has 15 heavy (non-hydrogen) atoms. The highest BCUT2D eigenvalue weighted by molar-refractivity contribution is 7.12. The molecule has 0 bridgehead atoms. The molecule has 0 atom stereocenters. The number of thiazole rings is 1. The molecule has 0 radical (unpaired) electrons. The number of aromatic nitrogens is 1. The highest BCUT2D eigenvalue weighted by atomic mass is 32.1. The molecule has 1 aromatic rings. The predicted octanol–water partition coefficient (Wildman–Crippen LogP) is 3.02. The second kappa shape index (κ2) is 4.75. The Bertz CT molecular complexity index is 355. The average molecular weight is 227 g/mol. The van der Waals surface area contributed by atoms with Crippen molar-refractivity contribution in [1.29, 1.82) is 0 Å². The minimum Gasteiger partial charge on any atom is -0.481 e. The Hall–Kier alpha value is -0.900. The Kier molecular flexibility index (Phi) is 3.85. The van der Waals surface area contributed by atoms with Gasteiger partial charge in [0.1, 0.15) is 0 Å². The first-order valence-electron chi connectivity index (χ1n) is 5.13. The Labute approximate surface area is 94.2 Å². The van der Waals surface area contributed by atoms with Gasteiger partial charge in [0.2, 0.25) is 0 Å². The third-order valence-electron chi connectivity index (χ3n) is 2.10. The second-order valence-electron chi connectivity index (χ2n) is 4.24. The Morgan fingerprint density at radius 3 is 2.33 bits per heavy atom. The summed E-state index contributed by atoms with van der Waals surface area (Å²) in [5.41, 5.74) is 0.950. The molecule has 1 aromatic heterocycles. The van der Waals surface area contributed by atoms with E-state index in [1.807, 2.05) is 13.8 Å². The highest BCUT2D eigenvalue weighted by Gasteiger charge is 2.17. The molecule has 1 rings (SSSR count). The normalized spacial score (nSPS) is 11.3. The molecule has 1 N–H and O–H groups in total. The molecule has 0 aliphatic rings. The topological polar surface area (TPSA) is 50.2 Å². The summed E-state index contributed by atoms with van der Waals surface area (Å²) in [7, 11) is 0. The zero-order chi connectivity index (χ0) is 11.6. The first-order chi connectivity index (χ1) is 6.91. The van der Waals surface area contributed by atoms with Crippen molar-refractivity contribution in [2.75, 3.05) is 0 Å². The molecule has 0 aliphatic carbocycles. The second-order valence-corrected chi connectivity index (χ2v) is 5.36. The molecule has 0 aromatic carbocycles. The summed E-state index contributed by atoms with van der Waals surface area (Å²) < 4.78 is 0. The number of nitrogens with zero attached hydrogens (tertiary/aromatic N) is 1. The van der Waals surface area contributed by atoms with E-state index < -0.39 is 5.97 Å². The number of rotatable bonds is 4. The van der Waals surface area contributed by atoms with Gasteiger partial charge in [-0.1, -0.05) is 27.7 Å². The third-order valence-corrected chi connectivity index (χ3v) is 3.47. The first kappa shape index (κ1) is 12.2. The van der Waals surface area contributed by atoms with Crippen LogP contribution in [0.1, 0.15) is 55.1 Å². The monoisotopic (exact) mass is 227 g/mol. The van der Waals surface area contributed by atoms with E-state index in [-0.39, 0.29) is 6.42 Å². The molecule has 0 spiro atoms. The Morgan fingerprint density at radius 2 is 1.93 bits per heavy atom. The van der Waals surface area contributed by atoms with Crippen LogP contribution in [0.4, 0.5) is 0 Å². The smallest absolute Gasteiger partial charge is 0.308 e. The largest absolute Gasteiger partial charge is 0.481 e. The van der Waals surface area contributed by atoms with E-state index in [0.717, 1.165) is 15.6 Å². The quantitative estimate of drug-likeness (QED) is 0.860. The Morgan fingerprint density at radius 1 is 1.33 bits per heavy atom. The van der Waals surface area contributed by atoms with Crippen molar-refractivity contribution in [2.45, 2.75) is 46.0 Å². The van der Waals surface area contributed by atoms with Crippen LogP contribution in [0.5, 0.6) is 0 Å². The van der Waals surface area contributed by atoms with Crippen LogP contribution in [0.25, 0.3) is 0 Å². The molecular formula is C11H17NO2S. The lowest BCUT2D eigenvalue weighted by Gasteiger charge is -2.02. The van der Waals surface area contributed by atoms with E-state index in [9.17, 15) is 4.79 Å². The number of carbonyl (C=O) groups is 1. The zero-order valence-corrected chi connectivity index (χ0v) is 10.4. The van der Waals surface area contributed by atoms with Crippen molar-refractivity contribution in [2.24, 2.45) is 0 Å². The maximum Gasteiger partial charge on any atom is 0.308 e. The van der Waals surface area contributed by atoms with E-state index in [2.05, 4.69) is 18.8 Å². The molecule has 4 heteroatoms. The highest BCUT2D eigenvalue weighted by Crippen LogP contribution is 2.29. The number of hydrogen-bond acceptors (Lipinski definition) is 3. The maximum absolute atomic E-state index is 10.7. The van der Waals surface area contributed by atoms with Crippen LogP contribution in [-0.4, -0.2) is 16.1 Å². The predicted molar refractivity (Wildman–Crippen MR) is 61.6 cm³/mol. The van der Waals surface area contributed by atoms with E-state index >= 15 is 0 Å². The number of hydrogen-bond donors (Lipinski definition) is 1. The van der Waals surface area contributed by atoms with Gasteiger partial charge in [-0.2, -0.15) is 0 Å². The molecule has 0 saturated heterocycles. The van der Waals surface area contributed by atoms with Gasteiger partial charge >= 0.3 is 5.97 Å². The van der Waals surface area contributed by atoms with Crippen LogP contribution in [0, 0.1) is 0 Å². The van der Waals surface area contributed by atoms with Gasteiger partial charge in [0.25, 0.3) is 0 Å². The summed E-state index contributed by atoms with van der Waals surface area (Å²) in [5.74, 6) is -0.117. The van der Waals surface area contributed by atoms with Crippen LogP contribution in [0.15, 0.2) is 0 Å². The zero-order valence-electron chi connectivity index (χ0n) is 9.57.